The summed E-state index contributed by atoms with van der Waals surface area (Å²) in [5, 5.41) is 8.81. The van der Waals surface area contributed by atoms with Crippen molar-refractivity contribution in [3.05, 3.63) is 125 Å². The lowest BCUT2D eigenvalue weighted by Crippen LogP contribution is -2.20. The van der Waals surface area contributed by atoms with Gasteiger partial charge in [0, 0.05) is 0 Å². The normalized spacial score (nSPS) is 10.6. The first-order chi connectivity index (χ1) is 15.6. The predicted octanol–water partition coefficient (Wildman–Crippen LogP) is 6.24. The molecule has 156 valence electrons. The number of halogens is 2. The van der Waals surface area contributed by atoms with E-state index >= 15 is 0 Å². The Morgan fingerprint density at radius 2 is 1.25 bits per heavy atom. The topological polar surface area (TPSA) is 50.1 Å². The van der Waals surface area contributed by atoms with Gasteiger partial charge >= 0.3 is 5.97 Å². The highest BCUT2D eigenvalue weighted by atomic mass is 19.1. The van der Waals surface area contributed by atoms with Gasteiger partial charge in [0.25, 0.3) is 0 Å². The fourth-order valence-electron chi connectivity index (χ4n) is 3.49. The van der Waals surface area contributed by atoms with Crippen LogP contribution in [0.25, 0.3) is 11.1 Å². The van der Waals surface area contributed by atoms with Gasteiger partial charge in [-0.1, -0.05) is 72.8 Å². The van der Waals surface area contributed by atoms with E-state index < -0.39 is 29.1 Å². The van der Waals surface area contributed by atoms with E-state index in [1.54, 1.807) is 24.3 Å². The quantitative estimate of drug-likeness (QED) is 0.281. The molecular weight excluding hydrogens is 408 g/mol. The fourth-order valence-corrected chi connectivity index (χ4v) is 3.49. The number of nitrogens with zero attached hydrogens (tertiary/aromatic N) is 1. The van der Waals surface area contributed by atoms with E-state index in [1.165, 1.54) is 6.07 Å². The molecule has 3 nitrogen and oxygen atoms in total. The number of nitriles is 1. The van der Waals surface area contributed by atoms with Crippen molar-refractivity contribution in [2.75, 3.05) is 0 Å². The third-order valence-corrected chi connectivity index (χ3v) is 5.06. The van der Waals surface area contributed by atoms with Crippen molar-refractivity contribution in [2.45, 2.75) is 5.92 Å². The SMILES string of the molecule is N#Cc1c(F)cc(-c2ccc(OC(=O)C(c3ccccc3)c3ccccc3)cc2)cc1F. The van der Waals surface area contributed by atoms with Crippen LogP contribution in [-0.2, 0) is 4.79 Å². The summed E-state index contributed by atoms with van der Waals surface area (Å²) in [6.45, 7) is 0. The standard InChI is InChI=1S/C27H17F2NO2/c28-24-15-21(16-25(29)23(24)17-30)18-11-13-22(14-12-18)32-27(31)26(19-7-3-1-4-8-19)20-9-5-2-6-10-20/h1-16,26H. The second kappa shape index (κ2) is 9.23. The van der Waals surface area contributed by atoms with E-state index in [4.69, 9.17) is 10.00 Å². The summed E-state index contributed by atoms with van der Waals surface area (Å²) in [5.74, 6) is -2.58. The summed E-state index contributed by atoms with van der Waals surface area (Å²) in [6, 6.07) is 28.7. The number of esters is 1. The molecule has 0 saturated carbocycles. The van der Waals surface area contributed by atoms with Crippen LogP contribution in [0.4, 0.5) is 8.78 Å². The first kappa shape index (κ1) is 21.0. The average Bonchev–Trinajstić information content (AvgIpc) is 2.81. The lowest BCUT2D eigenvalue weighted by atomic mass is 9.91. The van der Waals surface area contributed by atoms with E-state index in [0.717, 1.165) is 23.3 Å². The molecule has 0 atom stereocenters. The summed E-state index contributed by atoms with van der Waals surface area (Å²) < 4.78 is 33.5. The zero-order chi connectivity index (χ0) is 22.5. The van der Waals surface area contributed by atoms with Crippen molar-refractivity contribution in [3.8, 4) is 22.9 Å². The Morgan fingerprint density at radius 1 is 0.750 bits per heavy atom. The van der Waals surface area contributed by atoms with Gasteiger partial charge in [0.2, 0.25) is 0 Å². The molecule has 0 aromatic heterocycles. The Balaban J connectivity index is 1.59. The fraction of sp³-hybridized carbons (Fsp3) is 0.0370. The molecule has 0 aliphatic heterocycles. The molecule has 0 amide bonds. The van der Waals surface area contributed by atoms with Crippen molar-refractivity contribution in [1.82, 2.24) is 0 Å². The highest BCUT2D eigenvalue weighted by Gasteiger charge is 2.24. The molecule has 0 fully saturated rings. The molecule has 0 aliphatic carbocycles. The molecule has 0 heterocycles. The lowest BCUT2D eigenvalue weighted by molar-refractivity contribution is -0.135. The number of benzene rings is 4. The second-order valence-corrected chi connectivity index (χ2v) is 7.13. The van der Waals surface area contributed by atoms with Crippen molar-refractivity contribution in [3.63, 3.8) is 0 Å². The molecule has 5 heteroatoms. The van der Waals surface area contributed by atoms with Crippen molar-refractivity contribution in [1.29, 1.82) is 5.26 Å². The summed E-state index contributed by atoms with van der Waals surface area (Å²) >= 11 is 0. The molecule has 4 aromatic rings. The van der Waals surface area contributed by atoms with E-state index in [2.05, 4.69) is 0 Å². The molecule has 0 N–H and O–H groups in total. The highest BCUT2D eigenvalue weighted by Crippen LogP contribution is 2.29. The van der Waals surface area contributed by atoms with Crippen molar-refractivity contribution < 1.29 is 18.3 Å². The van der Waals surface area contributed by atoms with Crippen LogP contribution in [0.3, 0.4) is 0 Å². The Hall–Kier alpha value is -4.30. The molecule has 4 aromatic carbocycles. The minimum atomic E-state index is -0.924. The van der Waals surface area contributed by atoms with E-state index in [9.17, 15) is 13.6 Å². The second-order valence-electron chi connectivity index (χ2n) is 7.13. The molecule has 0 radical (unpaired) electrons. The minimum absolute atomic E-state index is 0.281. The number of rotatable bonds is 5. The molecule has 0 spiro atoms. The van der Waals surface area contributed by atoms with Crippen LogP contribution in [0.1, 0.15) is 22.6 Å². The van der Waals surface area contributed by atoms with Crippen LogP contribution in [0.5, 0.6) is 5.75 Å². The first-order valence-corrected chi connectivity index (χ1v) is 9.88. The zero-order valence-electron chi connectivity index (χ0n) is 16.8. The Bertz CT molecular complexity index is 1220. The van der Waals surface area contributed by atoms with Gasteiger partial charge in [-0.15, -0.1) is 0 Å². The predicted molar refractivity (Wildman–Crippen MR) is 117 cm³/mol. The maximum absolute atomic E-state index is 13.9. The van der Waals surface area contributed by atoms with Crippen LogP contribution in [0.2, 0.25) is 0 Å². The van der Waals surface area contributed by atoms with Gasteiger partial charge in [-0.05, 0) is 46.5 Å². The van der Waals surface area contributed by atoms with E-state index in [1.807, 2.05) is 60.7 Å². The van der Waals surface area contributed by atoms with Gasteiger partial charge in [0.1, 0.15) is 34.9 Å². The smallest absolute Gasteiger partial charge is 0.323 e. The summed E-state index contributed by atoms with van der Waals surface area (Å²) in [5.41, 5.74) is 1.80. The zero-order valence-corrected chi connectivity index (χ0v) is 16.8. The summed E-state index contributed by atoms with van der Waals surface area (Å²) in [6.07, 6.45) is 0. The van der Waals surface area contributed by atoms with Gasteiger partial charge in [0.05, 0.1) is 0 Å². The molecule has 0 bridgehead atoms. The van der Waals surface area contributed by atoms with Gasteiger partial charge < -0.3 is 4.74 Å². The Kier molecular flexibility index (Phi) is 6.05. The number of carbonyl (C=O) groups excluding carboxylic acids is 1. The molecule has 0 unspecified atom stereocenters. The third-order valence-electron chi connectivity index (χ3n) is 5.06. The largest absolute Gasteiger partial charge is 0.426 e. The monoisotopic (exact) mass is 425 g/mol. The van der Waals surface area contributed by atoms with E-state index in [-0.39, 0.29) is 5.56 Å². The van der Waals surface area contributed by atoms with Gasteiger partial charge in [-0.2, -0.15) is 5.26 Å². The number of hydrogen-bond acceptors (Lipinski definition) is 3. The summed E-state index contributed by atoms with van der Waals surface area (Å²) in [7, 11) is 0. The van der Waals surface area contributed by atoms with Crippen LogP contribution >= 0.6 is 0 Å². The lowest BCUT2D eigenvalue weighted by Gasteiger charge is -2.17. The van der Waals surface area contributed by atoms with Gasteiger partial charge in [-0.3, -0.25) is 4.79 Å². The van der Waals surface area contributed by atoms with Crippen LogP contribution in [0.15, 0.2) is 97.1 Å². The molecule has 0 saturated heterocycles. The minimum Gasteiger partial charge on any atom is -0.426 e. The van der Waals surface area contributed by atoms with Crippen LogP contribution < -0.4 is 4.74 Å². The highest BCUT2D eigenvalue weighted by molar-refractivity contribution is 5.84. The molecule has 32 heavy (non-hydrogen) atoms. The number of hydrogen-bond donors (Lipinski definition) is 0. The summed E-state index contributed by atoms with van der Waals surface area (Å²) in [4.78, 5) is 13.1. The van der Waals surface area contributed by atoms with Crippen LogP contribution in [0, 0.1) is 23.0 Å². The maximum atomic E-state index is 13.9. The number of ether oxygens (including phenoxy) is 1. The Labute approximate surface area is 184 Å². The van der Waals surface area contributed by atoms with Crippen molar-refractivity contribution in [2.24, 2.45) is 0 Å². The van der Waals surface area contributed by atoms with Crippen LogP contribution in [-0.4, -0.2) is 5.97 Å². The molecule has 0 aliphatic rings. The van der Waals surface area contributed by atoms with Crippen molar-refractivity contribution >= 4 is 5.97 Å². The van der Waals surface area contributed by atoms with Gasteiger partial charge in [0.15, 0.2) is 0 Å². The first-order valence-electron chi connectivity index (χ1n) is 9.88. The van der Waals surface area contributed by atoms with E-state index in [0.29, 0.717) is 11.3 Å². The molecular formula is C27H17F2NO2. The third kappa shape index (κ3) is 4.40. The molecule has 4 rings (SSSR count). The maximum Gasteiger partial charge on any atom is 0.323 e. The average molecular weight is 425 g/mol. The number of carbonyl (C=O) groups is 1. The Morgan fingerprint density at radius 3 is 1.72 bits per heavy atom. The van der Waals surface area contributed by atoms with Gasteiger partial charge in [-0.25, -0.2) is 8.78 Å².